The highest BCUT2D eigenvalue weighted by Gasteiger charge is 2.16. The van der Waals surface area contributed by atoms with E-state index in [1.54, 1.807) is 12.4 Å². The second-order valence-electron chi connectivity index (χ2n) is 4.99. The predicted molar refractivity (Wildman–Crippen MR) is 94.7 cm³/mol. The quantitative estimate of drug-likeness (QED) is 0.572. The maximum atomic E-state index is 12.6. The molecular formula is C18H16N4OS. The van der Waals surface area contributed by atoms with E-state index in [1.807, 2.05) is 54.8 Å². The number of nitrogens with one attached hydrogen (secondary N) is 1. The normalized spacial score (nSPS) is 10.4. The van der Waals surface area contributed by atoms with Gasteiger partial charge in [0.05, 0.1) is 23.5 Å². The first-order valence-electron chi connectivity index (χ1n) is 7.42. The fourth-order valence-corrected chi connectivity index (χ4v) is 2.56. The fraction of sp³-hybridized carbons (Fsp3) is 0.111. The molecule has 1 N–H and O–H groups in total. The number of benzene rings is 1. The maximum absolute atomic E-state index is 12.6. The maximum Gasteiger partial charge on any atom is 0.255 e. The number of rotatable bonds is 5. The van der Waals surface area contributed by atoms with Gasteiger partial charge in [-0.1, -0.05) is 48.2 Å². The Morgan fingerprint density at radius 1 is 1.08 bits per heavy atom. The van der Waals surface area contributed by atoms with Crippen LogP contribution >= 0.6 is 11.8 Å². The molecule has 0 radical (unpaired) electrons. The number of hydrogen-bond donors (Lipinski definition) is 1. The van der Waals surface area contributed by atoms with E-state index in [0.29, 0.717) is 23.0 Å². The van der Waals surface area contributed by atoms with E-state index in [1.165, 1.54) is 11.8 Å². The largest absolute Gasteiger partial charge is 0.346 e. The van der Waals surface area contributed by atoms with E-state index in [-0.39, 0.29) is 5.91 Å². The predicted octanol–water partition coefficient (Wildman–Crippen LogP) is 3.19. The van der Waals surface area contributed by atoms with Gasteiger partial charge in [-0.3, -0.25) is 9.78 Å². The van der Waals surface area contributed by atoms with Crippen molar-refractivity contribution in [2.24, 2.45) is 0 Å². The summed E-state index contributed by atoms with van der Waals surface area (Å²) in [6, 6.07) is 15.2. The number of nitrogens with zero attached hydrogens (tertiary/aromatic N) is 3. The minimum absolute atomic E-state index is 0.216. The number of pyridine rings is 1. The minimum Gasteiger partial charge on any atom is -0.346 e. The van der Waals surface area contributed by atoms with Crippen molar-refractivity contribution in [2.45, 2.75) is 11.7 Å². The van der Waals surface area contributed by atoms with Crippen LogP contribution in [-0.4, -0.2) is 27.1 Å². The SMILES string of the molecule is CSc1ncc(C(=O)NCc2ccccn2)c(-c2ccccc2)n1. The van der Waals surface area contributed by atoms with Gasteiger partial charge in [-0.15, -0.1) is 0 Å². The van der Waals surface area contributed by atoms with E-state index < -0.39 is 0 Å². The van der Waals surface area contributed by atoms with Gasteiger partial charge in [0.25, 0.3) is 5.91 Å². The summed E-state index contributed by atoms with van der Waals surface area (Å²) in [5.74, 6) is -0.216. The third-order valence-electron chi connectivity index (χ3n) is 3.40. The summed E-state index contributed by atoms with van der Waals surface area (Å²) in [5.41, 5.74) is 2.77. The molecule has 0 fully saturated rings. The average Bonchev–Trinajstić information content (AvgIpc) is 2.67. The fourth-order valence-electron chi connectivity index (χ4n) is 2.21. The Bertz CT molecular complexity index is 825. The minimum atomic E-state index is -0.216. The van der Waals surface area contributed by atoms with Gasteiger partial charge in [0.2, 0.25) is 0 Å². The molecule has 0 unspecified atom stereocenters. The van der Waals surface area contributed by atoms with E-state index in [0.717, 1.165) is 11.3 Å². The van der Waals surface area contributed by atoms with Crippen molar-refractivity contribution in [3.8, 4) is 11.3 Å². The average molecular weight is 336 g/mol. The monoisotopic (exact) mass is 336 g/mol. The first kappa shape index (κ1) is 16.1. The molecule has 5 nitrogen and oxygen atoms in total. The summed E-state index contributed by atoms with van der Waals surface area (Å²) in [7, 11) is 0. The third kappa shape index (κ3) is 3.78. The molecule has 120 valence electrons. The number of carbonyl (C=O) groups excluding carboxylic acids is 1. The first-order valence-corrected chi connectivity index (χ1v) is 8.65. The highest BCUT2D eigenvalue weighted by atomic mass is 32.2. The number of amides is 1. The van der Waals surface area contributed by atoms with Gasteiger partial charge < -0.3 is 5.32 Å². The van der Waals surface area contributed by atoms with Crippen LogP contribution in [0.3, 0.4) is 0 Å². The van der Waals surface area contributed by atoms with Crippen LogP contribution in [0.5, 0.6) is 0 Å². The van der Waals surface area contributed by atoms with Gasteiger partial charge >= 0.3 is 0 Å². The molecule has 0 aliphatic rings. The Kier molecular flexibility index (Phi) is 5.18. The van der Waals surface area contributed by atoms with Gasteiger partial charge in [0.1, 0.15) is 0 Å². The van der Waals surface area contributed by atoms with Gasteiger partial charge in [-0.2, -0.15) is 0 Å². The molecule has 1 amide bonds. The smallest absolute Gasteiger partial charge is 0.255 e. The number of aromatic nitrogens is 3. The molecule has 24 heavy (non-hydrogen) atoms. The third-order valence-corrected chi connectivity index (χ3v) is 3.96. The van der Waals surface area contributed by atoms with Crippen LogP contribution in [-0.2, 0) is 6.54 Å². The van der Waals surface area contributed by atoms with Crippen LogP contribution in [0.1, 0.15) is 16.1 Å². The van der Waals surface area contributed by atoms with Crippen LogP contribution < -0.4 is 5.32 Å². The van der Waals surface area contributed by atoms with Crippen molar-refractivity contribution >= 4 is 17.7 Å². The van der Waals surface area contributed by atoms with E-state index in [9.17, 15) is 4.79 Å². The molecule has 1 aromatic carbocycles. The zero-order chi connectivity index (χ0) is 16.8. The topological polar surface area (TPSA) is 67.8 Å². The van der Waals surface area contributed by atoms with E-state index in [2.05, 4.69) is 20.3 Å². The number of carbonyl (C=O) groups is 1. The highest BCUT2D eigenvalue weighted by Crippen LogP contribution is 2.23. The van der Waals surface area contributed by atoms with E-state index in [4.69, 9.17) is 0 Å². The Labute approximate surface area is 144 Å². The molecule has 2 aromatic heterocycles. The van der Waals surface area contributed by atoms with Gasteiger partial charge in [-0.25, -0.2) is 9.97 Å². The molecule has 0 aliphatic carbocycles. The van der Waals surface area contributed by atoms with Crippen molar-refractivity contribution in [2.75, 3.05) is 6.26 Å². The molecule has 3 aromatic rings. The lowest BCUT2D eigenvalue weighted by Gasteiger charge is -2.10. The Morgan fingerprint density at radius 3 is 2.58 bits per heavy atom. The summed E-state index contributed by atoms with van der Waals surface area (Å²) in [4.78, 5) is 25.5. The summed E-state index contributed by atoms with van der Waals surface area (Å²) < 4.78 is 0. The Hall–Kier alpha value is -2.73. The van der Waals surface area contributed by atoms with Crippen molar-refractivity contribution in [3.05, 3.63) is 72.2 Å². The van der Waals surface area contributed by atoms with Crippen LogP contribution in [0.2, 0.25) is 0 Å². The number of thioether (sulfide) groups is 1. The Balaban J connectivity index is 1.88. The second-order valence-corrected chi connectivity index (χ2v) is 5.76. The van der Waals surface area contributed by atoms with Gasteiger partial charge in [0.15, 0.2) is 5.16 Å². The molecule has 3 rings (SSSR count). The molecule has 0 saturated heterocycles. The second kappa shape index (κ2) is 7.70. The molecule has 6 heteroatoms. The van der Waals surface area contributed by atoms with Crippen LogP contribution in [0.4, 0.5) is 0 Å². The van der Waals surface area contributed by atoms with Gasteiger partial charge in [-0.05, 0) is 18.4 Å². The summed E-state index contributed by atoms with van der Waals surface area (Å²) in [6.45, 7) is 0.359. The Morgan fingerprint density at radius 2 is 1.88 bits per heavy atom. The van der Waals surface area contributed by atoms with Crippen molar-refractivity contribution in [1.82, 2.24) is 20.3 Å². The van der Waals surface area contributed by atoms with Gasteiger partial charge in [0, 0.05) is 18.0 Å². The summed E-state index contributed by atoms with van der Waals surface area (Å²) >= 11 is 1.44. The van der Waals surface area contributed by atoms with Crippen molar-refractivity contribution in [1.29, 1.82) is 0 Å². The molecule has 0 atom stereocenters. The molecular weight excluding hydrogens is 320 g/mol. The van der Waals surface area contributed by atoms with Crippen molar-refractivity contribution < 1.29 is 4.79 Å². The first-order chi connectivity index (χ1) is 11.8. The molecule has 0 aliphatic heterocycles. The van der Waals surface area contributed by atoms with Crippen molar-refractivity contribution in [3.63, 3.8) is 0 Å². The van der Waals surface area contributed by atoms with Crippen LogP contribution in [0.15, 0.2) is 66.1 Å². The van der Waals surface area contributed by atoms with Crippen LogP contribution in [0.25, 0.3) is 11.3 Å². The highest BCUT2D eigenvalue weighted by molar-refractivity contribution is 7.98. The zero-order valence-corrected chi connectivity index (χ0v) is 14.0. The molecule has 0 bridgehead atoms. The van der Waals surface area contributed by atoms with Crippen LogP contribution in [0, 0.1) is 0 Å². The lowest BCUT2D eigenvalue weighted by Crippen LogP contribution is -2.24. The standard InChI is InChI=1S/C18H16N4OS/c1-24-18-21-12-15(16(22-18)13-7-3-2-4-8-13)17(23)20-11-14-9-5-6-10-19-14/h2-10,12H,11H2,1H3,(H,20,23). The molecule has 2 heterocycles. The lowest BCUT2D eigenvalue weighted by molar-refractivity contribution is 0.0950. The lowest BCUT2D eigenvalue weighted by atomic mass is 10.1. The number of hydrogen-bond acceptors (Lipinski definition) is 5. The molecule has 0 saturated carbocycles. The molecule has 0 spiro atoms. The zero-order valence-electron chi connectivity index (χ0n) is 13.1. The van der Waals surface area contributed by atoms with E-state index >= 15 is 0 Å². The summed E-state index contributed by atoms with van der Waals surface area (Å²) in [6.07, 6.45) is 5.19. The summed E-state index contributed by atoms with van der Waals surface area (Å²) in [5, 5.41) is 3.51.